The van der Waals surface area contributed by atoms with Gasteiger partial charge in [0.1, 0.15) is 5.75 Å². The van der Waals surface area contributed by atoms with Crippen molar-refractivity contribution >= 4 is 0 Å². The molecule has 1 atom stereocenters. The molecule has 0 saturated carbocycles. The van der Waals surface area contributed by atoms with Crippen LogP contribution in [0.1, 0.15) is 24.0 Å². The molecule has 3 rings (SSSR count). The van der Waals surface area contributed by atoms with Crippen molar-refractivity contribution in [3.8, 4) is 5.75 Å². The average Bonchev–Trinajstić information content (AvgIpc) is 2.14. The number of aromatic hydroxyl groups is 1. The maximum absolute atomic E-state index is 9.47. The third-order valence-electron chi connectivity index (χ3n) is 3.80. The van der Waals surface area contributed by atoms with Crippen molar-refractivity contribution in [1.82, 2.24) is 4.90 Å². The van der Waals surface area contributed by atoms with Crippen LogP contribution in [0.25, 0.3) is 0 Å². The van der Waals surface area contributed by atoms with E-state index < -0.39 is 0 Å². The lowest BCUT2D eigenvalue weighted by molar-refractivity contribution is 0.107. The number of likely N-dealkylation sites (tertiary alicyclic amines) is 1. The van der Waals surface area contributed by atoms with Crippen LogP contribution in [0.4, 0.5) is 0 Å². The van der Waals surface area contributed by atoms with Crippen LogP contribution >= 0.6 is 0 Å². The number of benzene rings is 1. The number of hydrogen-bond acceptors (Lipinski definition) is 2. The molecule has 2 nitrogen and oxygen atoms in total. The second-order valence-corrected chi connectivity index (χ2v) is 4.74. The summed E-state index contributed by atoms with van der Waals surface area (Å²) < 4.78 is 0. The van der Waals surface area contributed by atoms with Gasteiger partial charge in [-0.25, -0.2) is 0 Å². The lowest BCUT2D eigenvalue weighted by Crippen LogP contribution is -2.47. The molecule has 80 valence electrons. The number of fused-ring (bicyclic) bond motifs is 1. The Balaban J connectivity index is 1.81. The Kier molecular flexibility index (Phi) is 2.17. The molecule has 15 heavy (non-hydrogen) atoms. The van der Waals surface area contributed by atoms with Crippen molar-refractivity contribution in [3.05, 3.63) is 29.3 Å². The van der Waals surface area contributed by atoms with Crippen molar-refractivity contribution in [1.29, 1.82) is 0 Å². The minimum atomic E-state index is 0.415. The van der Waals surface area contributed by atoms with Gasteiger partial charge in [0.15, 0.2) is 0 Å². The van der Waals surface area contributed by atoms with E-state index in [2.05, 4.69) is 11.0 Å². The molecule has 0 radical (unpaired) electrons. The minimum Gasteiger partial charge on any atom is -0.508 e. The van der Waals surface area contributed by atoms with Gasteiger partial charge in [0.05, 0.1) is 0 Å². The zero-order chi connectivity index (χ0) is 10.3. The van der Waals surface area contributed by atoms with Crippen LogP contribution in [0.5, 0.6) is 5.75 Å². The molecule has 0 amide bonds. The number of phenols is 1. The molecule has 1 aromatic rings. The van der Waals surface area contributed by atoms with Gasteiger partial charge in [0.25, 0.3) is 0 Å². The van der Waals surface area contributed by atoms with Crippen LogP contribution in [0.15, 0.2) is 18.2 Å². The molecular weight excluding hydrogens is 186 g/mol. The Hall–Kier alpha value is -1.02. The molecule has 1 heterocycles. The molecule has 1 aliphatic carbocycles. The first-order valence-electron chi connectivity index (χ1n) is 5.88. The van der Waals surface area contributed by atoms with E-state index in [0.717, 1.165) is 12.5 Å². The largest absolute Gasteiger partial charge is 0.508 e. The molecule has 1 N–H and O–H groups in total. The fourth-order valence-electron chi connectivity index (χ4n) is 2.74. The number of rotatable bonds is 1. The lowest BCUT2D eigenvalue weighted by Gasteiger charge is -2.40. The van der Waals surface area contributed by atoms with Crippen molar-refractivity contribution < 1.29 is 5.11 Å². The number of aryl methyl sites for hydroxylation is 1. The molecule has 1 saturated heterocycles. The highest BCUT2D eigenvalue weighted by Gasteiger charge is 2.27. The lowest BCUT2D eigenvalue weighted by atomic mass is 9.86. The molecular formula is C13H17NO. The van der Waals surface area contributed by atoms with Gasteiger partial charge in [-0.1, -0.05) is 6.07 Å². The molecule has 1 unspecified atom stereocenters. The highest BCUT2D eigenvalue weighted by atomic mass is 16.3. The molecule has 2 aliphatic rings. The topological polar surface area (TPSA) is 23.5 Å². The number of hydrogen-bond donors (Lipinski definition) is 1. The molecule has 0 spiro atoms. The number of nitrogens with zero attached hydrogens (tertiary/aromatic N) is 1. The Morgan fingerprint density at radius 2 is 2.07 bits per heavy atom. The normalized spacial score (nSPS) is 25.7. The summed E-state index contributed by atoms with van der Waals surface area (Å²) in [5, 5.41) is 9.47. The first-order chi connectivity index (χ1) is 7.33. The van der Waals surface area contributed by atoms with Gasteiger partial charge in [-0.3, -0.25) is 4.90 Å². The van der Waals surface area contributed by atoms with E-state index in [-0.39, 0.29) is 0 Å². The Morgan fingerprint density at radius 3 is 2.80 bits per heavy atom. The summed E-state index contributed by atoms with van der Waals surface area (Å²) in [4.78, 5) is 2.58. The predicted molar refractivity (Wildman–Crippen MR) is 60.1 cm³/mol. The van der Waals surface area contributed by atoms with E-state index in [1.54, 1.807) is 0 Å². The molecule has 1 aliphatic heterocycles. The first-order valence-corrected chi connectivity index (χ1v) is 5.88. The van der Waals surface area contributed by atoms with Crippen LogP contribution in [-0.4, -0.2) is 29.1 Å². The molecule has 2 heteroatoms. The van der Waals surface area contributed by atoms with Gasteiger partial charge in [0.2, 0.25) is 0 Å². The van der Waals surface area contributed by atoms with E-state index in [0.29, 0.717) is 5.75 Å². The highest BCUT2D eigenvalue weighted by molar-refractivity contribution is 5.37. The summed E-state index contributed by atoms with van der Waals surface area (Å²) in [5.41, 5.74) is 2.79. The van der Waals surface area contributed by atoms with Gasteiger partial charge >= 0.3 is 0 Å². The van der Waals surface area contributed by atoms with Gasteiger partial charge in [0, 0.05) is 6.04 Å². The zero-order valence-corrected chi connectivity index (χ0v) is 8.95. The third-order valence-corrected chi connectivity index (χ3v) is 3.80. The molecule has 1 aromatic carbocycles. The maximum Gasteiger partial charge on any atom is 0.115 e. The van der Waals surface area contributed by atoms with Crippen molar-refractivity contribution in [2.24, 2.45) is 0 Å². The monoisotopic (exact) mass is 203 g/mol. The SMILES string of the molecule is Oc1ccc2c(c1)CC(N1CCC1)CC2. The molecule has 1 fully saturated rings. The second-order valence-electron chi connectivity index (χ2n) is 4.74. The van der Waals surface area contributed by atoms with Crippen molar-refractivity contribution in [3.63, 3.8) is 0 Å². The van der Waals surface area contributed by atoms with Crippen molar-refractivity contribution in [2.45, 2.75) is 31.7 Å². The minimum absolute atomic E-state index is 0.415. The van der Waals surface area contributed by atoms with E-state index in [9.17, 15) is 5.11 Å². The van der Waals surface area contributed by atoms with Gasteiger partial charge in [-0.2, -0.15) is 0 Å². The van der Waals surface area contributed by atoms with Gasteiger partial charge in [-0.15, -0.1) is 0 Å². The molecule has 0 aromatic heterocycles. The highest BCUT2D eigenvalue weighted by Crippen LogP contribution is 2.29. The fraction of sp³-hybridized carbons (Fsp3) is 0.538. The summed E-state index contributed by atoms with van der Waals surface area (Å²) in [6, 6.07) is 6.56. The van der Waals surface area contributed by atoms with Crippen LogP contribution in [0.2, 0.25) is 0 Å². The predicted octanol–water partition coefficient (Wildman–Crippen LogP) is 1.96. The smallest absolute Gasteiger partial charge is 0.115 e. The third kappa shape index (κ3) is 1.63. The summed E-state index contributed by atoms with van der Waals surface area (Å²) >= 11 is 0. The summed E-state index contributed by atoms with van der Waals surface area (Å²) in [7, 11) is 0. The molecule has 0 bridgehead atoms. The maximum atomic E-state index is 9.47. The Bertz CT molecular complexity index is 371. The summed E-state index contributed by atoms with van der Waals surface area (Å²) in [5.74, 6) is 0.415. The van der Waals surface area contributed by atoms with Crippen LogP contribution in [0, 0.1) is 0 Å². The standard InChI is InChI=1S/C13H17NO/c15-13-5-3-10-2-4-12(8-11(10)9-13)14-6-1-7-14/h3,5,9,12,15H,1-2,4,6-8H2. The summed E-state index contributed by atoms with van der Waals surface area (Å²) in [6.45, 7) is 2.55. The second kappa shape index (κ2) is 3.53. The van der Waals surface area contributed by atoms with Crippen molar-refractivity contribution in [2.75, 3.05) is 13.1 Å². The van der Waals surface area contributed by atoms with Gasteiger partial charge in [-0.05, 0) is 62.0 Å². The Labute approximate surface area is 90.5 Å². The van der Waals surface area contributed by atoms with E-state index in [4.69, 9.17) is 0 Å². The first kappa shape index (κ1) is 9.22. The van der Waals surface area contributed by atoms with E-state index in [1.165, 1.54) is 43.5 Å². The Morgan fingerprint density at radius 1 is 1.20 bits per heavy atom. The fourth-order valence-corrected chi connectivity index (χ4v) is 2.74. The average molecular weight is 203 g/mol. The van der Waals surface area contributed by atoms with E-state index >= 15 is 0 Å². The zero-order valence-electron chi connectivity index (χ0n) is 8.95. The van der Waals surface area contributed by atoms with Crippen LogP contribution < -0.4 is 0 Å². The number of phenolic OH excluding ortho intramolecular Hbond substituents is 1. The van der Waals surface area contributed by atoms with Crippen LogP contribution in [0.3, 0.4) is 0 Å². The quantitative estimate of drug-likeness (QED) is 0.754. The van der Waals surface area contributed by atoms with E-state index in [1.807, 2.05) is 12.1 Å². The van der Waals surface area contributed by atoms with Crippen LogP contribution in [-0.2, 0) is 12.8 Å². The summed E-state index contributed by atoms with van der Waals surface area (Å²) in [6.07, 6.45) is 4.96. The van der Waals surface area contributed by atoms with Gasteiger partial charge < -0.3 is 5.11 Å².